The lowest BCUT2D eigenvalue weighted by atomic mass is 10.0. The summed E-state index contributed by atoms with van der Waals surface area (Å²) in [4.78, 5) is 0. The Balaban J connectivity index is 2.34. The van der Waals surface area contributed by atoms with Gasteiger partial charge in [-0.2, -0.15) is 0 Å². The van der Waals surface area contributed by atoms with E-state index in [2.05, 4.69) is 19.2 Å². The number of hydrogen-bond donors (Lipinski definition) is 1. The fourth-order valence-electron chi connectivity index (χ4n) is 1.35. The summed E-state index contributed by atoms with van der Waals surface area (Å²) in [5.74, 6) is 0. The van der Waals surface area contributed by atoms with Crippen LogP contribution in [-0.4, -0.2) is 38.5 Å². The Hall–Kier alpha value is -0.120. The predicted octanol–water partition coefficient (Wildman–Crippen LogP) is 0.790. The van der Waals surface area contributed by atoms with Gasteiger partial charge in [-0.25, -0.2) is 0 Å². The van der Waals surface area contributed by atoms with Crippen LogP contribution in [0, 0.1) is 0 Å². The normalized spacial score (nSPS) is 30.0. The molecule has 0 bridgehead atoms. The molecule has 0 spiro atoms. The van der Waals surface area contributed by atoms with E-state index in [1.54, 1.807) is 7.11 Å². The first-order chi connectivity index (χ1) is 5.68. The molecule has 3 heteroatoms. The second-order valence-electron chi connectivity index (χ2n) is 3.73. The smallest absolute Gasteiger partial charge is 0.106 e. The minimum Gasteiger partial charge on any atom is -0.378 e. The molecule has 1 saturated heterocycles. The fraction of sp³-hybridized carbons (Fsp3) is 1.00. The summed E-state index contributed by atoms with van der Waals surface area (Å²) in [6.07, 6.45) is 1.00. The van der Waals surface area contributed by atoms with E-state index in [1.165, 1.54) is 0 Å². The first-order valence-corrected chi connectivity index (χ1v) is 4.55. The molecule has 0 saturated carbocycles. The van der Waals surface area contributed by atoms with Crippen molar-refractivity contribution in [1.82, 2.24) is 5.32 Å². The summed E-state index contributed by atoms with van der Waals surface area (Å²) in [5.41, 5.74) is -0.0652. The van der Waals surface area contributed by atoms with Gasteiger partial charge in [0.1, 0.15) is 5.60 Å². The minimum atomic E-state index is -0.0652. The number of rotatable bonds is 4. The van der Waals surface area contributed by atoms with E-state index < -0.39 is 0 Å². The van der Waals surface area contributed by atoms with Crippen molar-refractivity contribution < 1.29 is 9.47 Å². The fourth-order valence-corrected chi connectivity index (χ4v) is 1.35. The van der Waals surface area contributed by atoms with Crippen LogP contribution in [0.4, 0.5) is 0 Å². The lowest BCUT2D eigenvalue weighted by Crippen LogP contribution is -2.45. The van der Waals surface area contributed by atoms with Gasteiger partial charge < -0.3 is 14.8 Å². The Kier molecular flexibility index (Phi) is 3.50. The van der Waals surface area contributed by atoms with Crippen molar-refractivity contribution in [3.8, 4) is 0 Å². The number of nitrogens with one attached hydrogen (secondary N) is 1. The van der Waals surface area contributed by atoms with E-state index in [0.29, 0.717) is 6.04 Å². The summed E-state index contributed by atoms with van der Waals surface area (Å²) in [6.45, 7) is 6.72. The molecule has 1 aliphatic heterocycles. The number of ether oxygens (including phenoxy) is 2. The van der Waals surface area contributed by atoms with Crippen LogP contribution in [0.15, 0.2) is 0 Å². The third-order valence-corrected chi connectivity index (χ3v) is 2.33. The van der Waals surface area contributed by atoms with Crippen molar-refractivity contribution in [2.45, 2.75) is 31.9 Å². The van der Waals surface area contributed by atoms with Crippen molar-refractivity contribution >= 4 is 0 Å². The van der Waals surface area contributed by atoms with Crippen LogP contribution >= 0.6 is 0 Å². The molecule has 0 aliphatic carbocycles. The summed E-state index contributed by atoms with van der Waals surface area (Å²) in [7, 11) is 1.76. The van der Waals surface area contributed by atoms with Gasteiger partial charge in [0.05, 0.1) is 6.61 Å². The summed E-state index contributed by atoms with van der Waals surface area (Å²) in [6, 6.07) is 0.512. The van der Waals surface area contributed by atoms with E-state index in [-0.39, 0.29) is 5.60 Å². The van der Waals surface area contributed by atoms with Crippen molar-refractivity contribution in [3.63, 3.8) is 0 Å². The van der Waals surface area contributed by atoms with Crippen molar-refractivity contribution in [2.75, 3.05) is 26.9 Å². The summed E-state index contributed by atoms with van der Waals surface area (Å²) < 4.78 is 10.8. The Labute approximate surface area is 74.4 Å². The molecule has 1 unspecified atom stereocenters. The highest BCUT2D eigenvalue weighted by Crippen LogP contribution is 2.21. The standard InChI is InChI=1S/C9H19NO2/c1-8(2)10-6-9(11-3)4-5-12-7-9/h8,10H,4-7H2,1-3H3. The lowest BCUT2D eigenvalue weighted by molar-refractivity contribution is -0.0168. The van der Waals surface area contributed by atoms with E-state index in [4.69, 9.17) is 9.47 Å². The topological polar surface area (TPSA) is 30.5 Å². The first kappa shape index (κ1) is 9.96. The Morgan fingerprint density at radius 3 is 2.75 bits per heavy atom. The third kappa shape index (κ3) is 2.44. The molecule has 12 heavy (non-hydrogen) atoms. The molecule has 1 N–H and O–H groups in total. The molecule has 3 nitrogen and oxygen atoms in total. The second kappa shape index (κ2) is 4.21. The molecule has 0 amide bonds. The van der Waals surface area contributed by atoms with E-state index in [0.717, 1.165) is 26.2 Å². The van der Waals surface area contributed by atoms with Gasteiger partial charge in [-0.3, -0.25) is 0 Å². The maximum absolute atomic E-state index is 5.46. The number of methoxy groups -OCH3 is 1. The lowest BCUT2D eigenvalue weighted by Gasteiger charge is -2.27. The molecule has 1 heterocycles. The van der Waals surface area contributed by atoms with Gasteiger partial charge in [-0.15, -0.1) is 0 Å². The highest BCUT2D eigenvalue weighted by atomic mass is 16.5. The molecule has 1 rings (SSSR count). The molecular formula is C9H19NO2. The van der Waals surface area contributed by atoms with Gasteiger partial charge in [0.25, 0.3) is 0 Å². The van der Waals surface area contributed by atoms with Gasteiger partial charge in [-0.1, -0.05) is 13.8 Å². The van der Waals surface area contributed by atoms with Crippen LogP contribution in [0.25, 0.3) is 0 Å². The maximum Gasteiger partial charge on any atom is 0.106 e. The molecule has 0 aromatic heterocycles. The zero-order chi connectivity index (χ0) is 9.03. The highest BCUT2D eigenvalue weighted by molar-refractivity contribution is 4.87. The van der Waals surface area contributed by atoms with Gasteiger partial charge >= 0.3 is 0 Å². The van der Waals surface area contributed by atoms with E-state index in [9.17, 15) is 0 Å². The molecule has 1 atom stereocenters. The average Bonchev–Trinajstić information content (AvgIpc) is 2.50. The largest absolute Gasteiger partial charge is 0.378 e. The summed E-state index contributed by atoms with van der Waals surface area (Å²) >= 11 is 0. The molecule has 0 radical (unpaired) electrons. The molecular weight excluding hydrogens is 154 g/mol. The zero-order valence-electron chi connectivity index (χ0n) is 8.22. The van der Waals surface area contributed by atoms with E-state index in [1.807, 2.05) is 0 Å². The molecule has 0 aromatic carbocycles. The van der Waals surface area contributed by atoms with Crippen LogP contribution in [-0.2, 0) is 9.47 Å². The molecule has 1 fully saturated rings. The minimum absolute atomic E-state index is 0.0652. The third-order valence-electron chi connectivity index (χ3n) is 2.33. The monoisotopic (exact) mass is 173 g/mol. The van der Waals surface area contributed by atoms with Crippen LogP contribution in [0.5, 0.6) is 0 Å². The zero-order valence-corrected chi connectivity index (χ0v) is 8.22. The maximum atomic E-state index is 5.46. The van der Waals surface area contributed by atoms with Crippen LogP contribution < -0.4 is 5.32 Å². The van der Waals surface area contributed by atoms with Crippen molar-refractivity contribution in [2.24, 2.45) is 0 Å². The number of hydrogen-bond acceptors (Lipinski definition) is 3. The van der Waals surface area contributed by atoms with Gasteiger partial charge in [-0.05, 0) is 0 Å². The SMILES string of the molecule is COC1(CNC(C)C)CCOC1. The van der Waals surface area contributed by atoms with Crippen molar-refractivity contribution in [1.29, 1.82) is 0 Å². The molecule has 0 aromatic rings. The first-order valence-electron chi connectivity index (χ1n) is 4.55. The Morgan fingerprint density at radius 1 is 1.58 bits per heavy atom. The van der Waals surface area contributed by atoms with Crippen LogP contribution in [0.1, 0.15) is 20.3 Å². The predicted molar refractivity (Wildman–Crippen MR) is 48.3 cm³/mol. The van der Waals surface area contributed by atoms with Gasteiger partial charge in [0.15, 0.2) is 0 Å². The molecule has 72 valence electrons. The summed E-state index contributed by atoms with van der Waals surface area (Å²) in [5, 5.41) is 3.37. The van der Waals surface area contributed by atoms with Gasteiger partial charge in [0, 0.05) is 32.7 Å². The quantitative estimate of drug-likeness (QED) is 0.682. The van der Waals surface area contributed by atoms with Crippen molar-refractivity contribution in [3.05, 3.63) is 0 Å². The van der Waals surface area contributed by atoms with Gasteiger partial charge in [0.2, 0.25) is 0 Å². The Morgan fingerprint density at radius 2 is 2.33 bits per heavy atom. The van der Waals surface area contributed by atoms with Crippen LogP contribution in [0.3, 0.4) is 0 Å². The van der Waals surface area contributed by atoms with E-state index >= 15 is 0 Å². The highest BCUT2D eigenvalue weighted by Gasteiger charge is 2.34. The Bertz CT molecular complexity index is 130. The average molecular weight is 173 g/mol. The van der Waals surface area contributed by atoms with Crippen LogP contribution in [0.2, 0.25) is 0 Å². The molecule has 1 aliphatic rings. The second-order valence-corrected chi connectivity index (χ2v) is 3.73.